The van der Waals surface area contributed by atoms with Crippen LogP contribution in [0.3, 0.4) is 0 Å². The Morgan fingerprint density at radius 1 is 1.15 bits per heavy atom. The lowest BCUT2D eigenvalue weighted by atomic mass is 10.0. The van der Waals surface area contributed by atoms with Crippen molar-refractivity contribution < 1.29 is 14.1 Å². The molecule has 0 fully saturated rings. The lowest BCUT2D eigenvalue weighted by molar-refractivity contribution is 0.0952. The number of carbonyl (C=O) groups is 1. The Bertz CT molecular complexity index is 1470. The number of hydrogen-bond acceptors (Lipinski definition) is 6. The summed E-state index contributed by atoms with van der Waals surface area (Å²) >= 11 is 5.94. The third-order valence-electron chi connectivity index (χ3n) is 5.45. The highest BCUT2D eigenvalue weighted by Crippen LogP contribution is 2.28. The Balaban J connectivity index is 1.39. The van der Waals surface area contributed by atoms with E-state index in [1.54, 1.807) is 37.2 Å². The summed E-state index contributed by atoms with van der Waals surface area (Å²) in [5.41, 5.74) is 4.64. The van der Waals surface area contributed by atoms with Gasteiger partial charge in [0.1, 0.15) is 5.75 Å². The number of carbonyl (C=O) groups excluding carboxylic acids is 1. The molecule has 5 aromatic rings. The molecule has 0 spiro atoms. The molecule has 0 saturated carbocycles. The molecule has 0 aliphatic carbocycles. The average molecular weight is 474 g/mol. The molecule has 0 aliphatic rings. The number of nitrogens with one attached hydrogen (secondary N) is 1. The van der Waals surface area contributed by atoms with E-state index < -0.39 is 0 Å². The van der Waals surface area contributed by atoms with E-state index in [2.05, 4.69) is 20.6 Å². The molecule has 3 aromatic heterocycles. The van der Waals surface area contributed by atoms with Crippen LogP contribution in [0.15, 0.2) is 71.5 Å². The van der Waals surface area contributed by atoms with Gasteiger partial charge in [0, 0.05) is 18.3 Å². The summed E-state index contributed by atoms with van der Waals surface area (Å²) in [4.78, 5) is 17.8. The van der Waals surface area contributed by atoms with Crippen LogP contribution in [0.5, 0.6) is 5.75 Å². The molecule has 34 heavy (non-hydrogen) atoms. The van der Waals surface area contributed by atoms with Gasteiger partial charge in [-0.25, -0.2) is 9.67 Å². The van der Waals surface area contributed by atoms with Crippen molar-refractivity contribution in [1.29, 1.82) is 0 Å². The summed E-state index contributed by atoms with van der Waals surface area (Å²) in [5, 5.41) is 12.3. The highest BCUT2D eigenvalue weighted by Gasteiger charge is 2.19. The summed E-state index contributed by atoms with van der Waals surface area (Å²) < 4.78 is 12.3. The normalized spacial score (nSPS) is 11.0. The van der Waals surface area contributed by atoms with E-state index in [-0.39, 0.29) is 5.91 Å². The topological polar surface area (TPSA) is 95.1 Å². The molecule has 170 valence electrons. The van der Waals surface area contributed by atoms with Gasteiger partial charge >= 0.3 is 0 Å². The van der Waals surface area contributed by atoms with Crippen LogP contribution >= 0.6 is 11.6 Å². The second-order valence-corrected chi connectivity index (χ2v) is 8.12. The Morgan fingerprint density at radius 3 is 2.59 bits per heavy atom. The van der Waals surface area contributed by atoms with Crippen LogP contribution in [0, 0.1) is 6.92 Å². The number of pyridine rings is 1. The summed E-state index contributed by atoms with van der Waals surface area (Å²) in [6.45, 7) is 2.14. The summed E-state index contributed by atoms with van der Waals surface area (Å²) in [7, 11) is 1.61. The number of rotatable bonds is 6. The molecule has 0 unspecified atom stereocenters. The van der Waals surface area contributed by atoms with E-state index in [9.17, 15) is 4.79 Å². The number of ether oxygens (including phenoxy) is 1. The number of fused-ring (bicyclic) bond motifs is 1. The number of nitrogens with zero attached hydrogens (tertiary/aromatic N) is 4. The van der Waals surface area contributed by atoms with Crippen molar-refractivity contribution in [2.24, 2.45) is 0 Å². The second-order valence-electron chi connectivity index (χ2n) is 7.68. The maximum absolute atomic E-state index is 13.2. The van der Waals surface area contributed by atoms with E-state index in [0.29, 0.717) is 39.6 Å². The van der Waals surface area contributed by atoms with Crippen molar-refractivity contribution in [3.8, 4) is 22.7 Å². The van der Waals surface area contributed by atoms with E-state index in [1.165, 1.54) is 0 Å². The molecule has 5 rings (SSSR count). The predicted octanol–water partition coefficient (Wildman–Crippen LogP) is 4.98. The quantitative estimate of drug-likeness (QED) is 0.374. The molecule has 0 atom stereocenters. The molecule has 1 N–H and O–H groups in total. The Kier molecular flexibility index (Phi) is 5.73. The van der Waals surface area contributed by atoms with E-state index >= 15 is 0 Å². The van der Waals surface area contributed by atoms with Gasteiger partial charge in [-0.2, -0.15) is 5.10 Å². The second kappa shape index (κ2) is 8.99. The van der Waals surface area contributed by atoms with Crippen LogP contribution in [0.2, 0.25) is 5.02 Å². The first-order chi connectivity index (χ1) is 16.5. The van der Waals surface area contributed by atoms with Gasteiger partial charge in [-0.15, -0.1) is 0 Å². The van der Waals surface area contributed by atoms with Crippen LogP contribution in [-0.4, -0.2) is 32.9 Å². The summed E-state index contributed by atoms with van der Waals surface area (Å²) in [6.07, 6.45) is 3.31. The third-order valence-corrected chi connectivity index (χ3v) is 5.65. The highest BCUT2D eigenvalue weighted by atomic mass is 35.5. The Hall–Kier alpha value is -4.17. The van der Waals surface area contributed by atoms with Gasteiger partial charge in [0.25, 0.3) is 11.6 Å². The number of aryl methyl sites for hydroxylation is 1. The van der Waals surface area contributed by atoms with Crippen molar-refractivity contribution in [2.45, 2.75) is 13.5 Å². The highest BCUT2D eigenvalue weighted by molar-refractivity contribution is 6.30. The number of hydrogen-bond donors (Lipinski definition) is 1. The predicted molar refractivity (Wildman–Crippen MR) is 128 cm³/mol. The standard InChI is InChI=1S/C25H20ClN5O3/c1-15-23-21(11-22(29-25(23)34-30-15)17-5-9-20(33-2)10-6-17)24(32)27-12-16-3-7-19(8-4-16)31-14-18(26)13-28-31/h3-11,13-14H,12H2,1-2H3,(H,27,32). The van der Waals surface area contributed by atoms with Crippen molar-refractivity contribution >= 4 is 28.6 Å². The van der Waals surface area contributed by atoms with E-state index in [0.717, 1.165) is 22.6 Å². The zero-order chi connectivity index (χ0) is 23.7. The summed E-state index contributed by atoms with van der Waals surface area (Å²) in [6, 6.07) is 16.9. The minimum atomic E-state index is -0.239. The number of amides is 1. The molecule has 0 aliphatic heterocycles. The minimum absolute atomic E-state index is 0.239. The molecular weight excluding hydrogens is 454 g/mol. The van der Waals surface area contributed by atoms with Crippen molar-refractivity contribution in [3.05, 3.63) is 88.8 Å². The van der Waals surface area contributed by atoms with Gasteiger partial charge in [-0.1, -0.05) is 28.9 Å². The smallest absolute Gasteiger partial charge is 0.259 e. The molecular formula is C25H20ClN5O3. The molecule has 0 saturated heterocycles. The summed E-state index contributed by atoms with van der Waals surface area (Å²) in [5.74, 6) is 0.497. The van der Waals surface area contributed by atoms with E-state index in [1.807, 2.05) is 48.5 Å². The number of benzene rings is 2. The largest absolute Gasteiger partial charge is 0.497 e. The van der Waals surface area contributed by atoms with Crippen LogP contribution in [0.25, 0.3) is 28.0 Å². The number of methoxy groups -OCH3 is 1. The lowest BCUT2D eigenvalue weighted by Crippen LogP contribution is -2.23. The molecule has 2 aromatic carbocycles. The Labute approximate surface area is 200 Å². The maximum atomic E-state index is 13.2. The van der Waals surface area contributed by atoms with Crippen LogP contribution < -0.4 is 10.1 Å². The molecule has 0 bridgehead atoms. The molecule has 8 nitrogen and oxygen atoms in total. The zero-order valence-corrected chi connectivity index (χ0v) is 19.2. The zero-order valence-electron chi connectivity index (χ0n) is 18.4. The first kappa shape index (κ1) is 21.7. The van der Waals surface area contributed by atoms with Crippen LogP contribution in [-0.2, 0) is 6.54 Å². The minimum Gasteiger partial charge on any atom is -0.497 e. The SMILES string of the molecule is COc1ccc(-c2cc(C(=O)NCc3ccc(-n4cc(Cl)cn4)cc3)c3c(C)noc3n2)cc1. The van der Waals surface area contributed by atoms with Gasteiger partial charge in [0.2, 0.25) is 0 Å². The molecule has 3 heterocycles. The van der Waals surface area contributed by atoms with Gasteiger partial charge in [0.05, 0.1) is 46.4 Å². The van der Waals surface area contributed by atoms with Gasteiger partial charge in [-0.05, 0) is 55.0 Å². The third kappa shape index (κ3) is 4.23. The lowest BCUT2D eigenvalue weighted by Gasteiger charge is -2.09. The number of halogens is 1. The van der Waals surface area contributed by atoms with Crippen molar-refractivity contribution in [3.63, 3.8) is 0 Å². The molecule has 1 amide bonds. The molecule has 9 heteroatoms. The molecule has 0 radical (unpaired) electrons. The fourth-order valence-electron chi connectivity index (χ4n) is 3.67. The van der Waals surface area contributed by atoms with E-state index in [4.69, 9.17) is 20.9 Å². The van der Waals surface area contributed by atoms with Crippen LogP contribution in [0.4, 0.5) is 0 Å². The fraction of sp³-hybridized carbons (Fsp3) is 0.120. The Morgan fingerprint density at radius 2 is 1.91 bits per heavy atom. The van der Waals surface area contributed by atoms with Gasteiger partial charge < -0.3 is 14.6 Å². The van der Waals surface area contributed by atoms with Crippen molar-refractivity contribution in [2.75, 3.05) is 7.11 Å². The first-order valence-corrected chi connectivity index (χ1v) is 10.9. The monoisotopic (exact) mass is 473 g/mol. The number of aromatic nitrogens is 4. The fourth-order valence-corrected chi connectivity index (χ4v) is 3.81. The van der Waals surface area contributed by atoms with Crippen molar-refractivity contribution in [1.82, 2.24) is 25.2 Å². The maximum Gasteiger partial charge on any atom is 0.259 e. The van der Waals surface area contributed by atoms with Gasteiger partial charge in [-0.3, -0.25) is 4.79 Å². The average Bonchev–Trinajstić information content (AvgIpc) is 3.48. The van der Waals surface area contributed by atoms with Crippen LogP contribution in [0.1, 0.15) is 21.6 Å². The van der Waals surface area contributed by atoms with Gasteiger partial charge in [0.15, 0.2) is 0 Å². The first-order valence-electron chi connectivity index (χ1n) is 10.5.